The first-order valence-electron chi connectivity index (χ1n) is 48.4. The summed E-state index contributed by atoms with van der Waals surface area (Å²) in [5, 5.41) is 133. The Morgan fingerprint density at radius 1 is 0.366 bits per heavy atom. The topological polar surface area (TPSA) is 566 Å². The molecule has 1 saturated carbocycles. The van der Waals surface area contributed by atoms with Gasteiger partial charge < -0.3 is 141 Å². The molecule has 744 valence electrons. The number of piperidine rings is 3. The van der Waals surface area contributed by atoms with Crippen molar-refractivity contribution in [2.24, 2.45) is 40.4 Å². The molecule has 0 bridgehead atoms. The third-order valence-corrected chi connectivity index (χ3v) is 28.1. The zero-order valence-corrected chi connectivity index (χ0v) is 80.0. The smallest absolute Gasteiger partial charge is 0.854 e. The summed E-state index contributed by atoms with van der Waals surface area (Å²) in [5.41, 5.74) is -1.00. The average molecular weight is 1880 g/mol. The Balaban J connectivity index is 0.0000235. The molecule has 39 nitrogen and oxygen atoms in total. The number of aliphatic hydroxyl groups excluding tert-OH is 10. The van der Waals surface area contributed by atoms with E-state index in [2.05, 4.69) is 37.2 Å². The second-order valence-electron chi connectivity index (χ2n) is 37.5. The monoisotopic (exact) mass is 1870 g/mol. The SMILES string of the molecule is CC(=O)NC1C(OCCCCC(=O)NCCCCCC(=O)N2CCC(C(CCC(=O)NCCCCCC(=O)N3C[C@@H]4CC(C[O-])(CO)C[C@@H]4C3)(C3CCN(C(=O)CCCCCNC(=O)CCCCOC4OC(CO)C(O)C(O)C4NC(C)=O)CC3)C3CCN(C(=O)CCCCCNC(=O)CCCCOC4OC(CO)C(O)C(O)C4NC(C)=O)CC3)CC2)OC(CO)C(O)C1O.[Na+]. The number of hydrogen-bond donors (Lipinski definition) is 17. The van der Waals surface area contributed by atoms with Crippen LogP contribution in [0.4, 0.5) is 0 Å². The van der Waals surface area contributed by atoms with Crippen molar-refractivity contribution in [2.75, 3.05) is 131 Å². The van der Waals surface area contributed by atoms with Crippen molar-refractivity contribution in [3.8, 4) is 0 Å². The molecule has 8 aliphatic rings. The summed E-state index contributed by atoms with van der Waals surface area (Å²) in [5.74, 6) is -0.934. The van der Waals surface area contributed by atoms with Crippen molar-refractivity contribution in [3.63, 3.8) is 0 Å². The minimum Gasteiger partial charge on any atom is -0.854 e. The maximum atomic E-state index is 14.4. The molecule has 0 spiro atoms. The second-order valence-corrected chi connectivity index (χ2v) is 37.5. The van der Waals surface area contributed by atoms with Crippen molar-refractivity contribution in [3.05, 3.63) is 0 Å². The van der Waals surface area contributed by atoms with Gasteiger partial charge in [-0.3, -0.25) is 52.7 Å². The van der Waals surface area contributed by atoms with Gasteiger partial charge in [-0.15, -0.1) is 6.61 Å². The number of likely N-dealkylation sites (tertiary alicyclic amines) is 4. The largest absolute Gasteiger partial charge is 1.00 e. The summed E-state index contributed by atoms with van der Waals surface area (Å²) in [6, 6.07) is -3.21. The van der Waals surface area contributed by atoms with Crippen LogP contribution in [0.1, 0.15) is 245 Å². The van der Waals surface area contributed by atoms with Crippen molar-refractivity contribution in [2.45, 2.75) is 337 Å². The molecule has 0 aromatic carbocycles. The van der Waals surface area contributed by atoms with E-state index in [1.54, 1.807) is 0 Å². The first-order chi connectivity index (χ1) is 62.5. The molecule has 18 atom stereocenters. The van der Waals surface area contributed by atoms with Gasteiger partial charge in [0.15, 0.2) is 18.9 Å². The molecule has 16 unspecified atom stereocenters. The van der Waals surface area contributed by atoms with Gasteiger partial charge >= 0.3 is 29.6 Å². The molecule has 0 aromatic rings. The molecule has 0 aromatic heterocycles. The van der Waals surface area contributed by atoms with E-state index in [4.69, 9.17) is 28.4 Å². The van der Waals surface area contributed by atoms with E-state index in [1.165, 1.54) is 20.8 Å². The van der Waals surface area contributed by atoms with E-state index in [0.717, 1.165) is 6.42 Å². The van der Waals surface area contributed by atoms with Crippen LogP contribution in [0.5, 0.6) is 0 Å². The van der Waals surface area contributed by atoms with Gasteiger partial charge in [0.2, 0.25) is 65.0 Å². The van der Waals surface area contributed by atoms with Gasteiger partial charge in [0.05, 0.1) is 19.8 Å². The number of nitrogens with one attached hydrogen (secondary N) is 7. The van der Waals surface area contributed by atoms with Crippen LogP contribution in [-0.4, -0.2) is 359 Å². The summed E-state index contributed by atoms with van der Waals surface area (Å²) in [6.45, 7) is 8.06. The van der Waals surface area contributed by atoms with E-state index in [1.807, 2.05) is 19.6 Å². The maximum absolute atomic E-state index is 14.4. The summed E-state index contributed by atoms with van der Waals surface area (Å²) < 4.78 is 34.2. The second kappa shape index (κ2) is 58.9. The molecule has 8 fully saturated rings. The van der Waals surface area contributed by atoms with Crippen LogP contribution >= 0.6 is 0 Å². The van der Waals surface area contributed by atoms with Crippen LogP contribution in [-0.2, 0) is 81.2 Å². The summed E-state index contributed by atoms with van der Waals surface area (Å²) in [6.07, 6.45) is 3.81. The third kappa shape index (κ3) is 35.2. The molecule has 11 amide bonds. The Kier molecular flexibility index (Phi) is 50.6. The van der Waals surface area contributed by atoms with Crippen LogP contribution in [0.2, 0.25) is 0 Å². The number of nitrogens with zero attached hydrogens (tertiary/aromatic N) is 4. The van der Waals surface area contributed by atoms with Crippen LogP contribution < -0.4 is 71.9 Å². The van der Waals surface area contributed by atoms with E-state index >= 15 is 0 Å². The number of carbonyl (C=O) groups is 11. The summed E-state index contributed by atoms with van der Waals surface area (Å²) in [7, 11) is 0. The van der Waals surface area contributed by atoms with Crippen molar-refractivity contribution in [1.29, 1.82) is 0 Å². The van der Waals surface area contributed by atoms with Gasteiger partial charge in [0, 0.05) is 177 Å². The number of rotatable bonds is 56. The van der Waals surface area contributed by atoms with Gasteiger partial charge in [-0.05, 0) is 188 Å². The predicted octanol–water partition coefficient (Wildman–Crippen LogP) is -4.22. The zero-order chi connectivity index (χ0) is 94.3. The molecular weight excluding hydrogens is 1720 g/mol. The molecule has 8 rings (SSSR count). The van der Waals surface area contributed by atoms with Gasteiger partial charge in [-0.2, -0.15) is 0 Å². The van der Waals surface area contributed by atoms with Crippen LogP contribution in [0.25, 0.3) is 0 Å². The van der Waals surface area contributed by atoms with E-state index < -0.39 is 140 Å². The van der Waals surface area contributed by atoms with Crippen LogP contribution in [0.3, 0.4) is 0 Å². The number of ether oxygens (including phenoxy) is 6. The normalized spacial score (nSPS) is 28.3. The Bertz CT molecular complexity index is 3170. The van der Waals surface area contributed by atoms with Gasteiger partial charge in [-0.1, -0.05) is 25.7 Å². The quantitative estimate of drug-likeness (QED) is 0.0203. The summed E-state index contributed by atoms with van der Waals surface area (Å²) in [4.78, 5) is 152. The molecule has 1 aliphatic carbocycles. The van der Waals surface area contributed by atoms with Crippen molar-refractivity contribution in [1.82, 2.24) is 56.8 Å². The van der Waals surface area contributed by atoms with Crippen molar-refractivity contribution < 1.29 is 167 Å². The van der Waals surface area contributed by atoms with Crippen molar-refractivity contribution >= 4 is 65.0 Å². The Morgan fingerprint density at radius 3 is 0.893 bits per heavy atom. The first kappa shape index (κ1) is 112. The van der Waals surface area contributed by atoms with Gasteiger partial charge in [-0.25, -0.2) is 0 Å². The molecule has 7 aliphatic heterocycles. The minimum absolute atomic E-state index is 0. The molecular formula is C91H156N11NaO28. The predicted molar refractivity (Wildman–Crippen MR) is 468 cm³/mol. The Labute approximate surface area is 793 Å². The fourth-order valence-corrected chi connectivity index (χ4v) is 20.8. The minimum atomic E-state index is -1.44. The molecule has 0 radical (unpaired) electrons. The van der Waals surface area contributed by atoms with E-state index in [0.29, 0.717) is 271 Å². The van der Waals surface area contributed by atoms with E-state index in [-0.39, 0.29) is 165 Å². The molecule has 7 heterocycles. The Hall–Kier alpha value is -5.51. The molecule has 131 heavy (non-hydrogen) atoms. The van der Waals surface area contributed by atoms with Gasteiger partial charge in [0.1, 0.15) is 73.1 Å². The van der Waals surface area contributed by atoms with Crippen LogP contribution in [0, 0.1) is 40.4 Å². The molecule has 40 heteroatoms. The number of fused-ring (bicyclic) bond motifs is 1. The van der Waals surface area contributed by atoms with Crippen LogP contribution in [0.15, 0.2) is 0 Å². The fraction of sp³-hybridized carbons (Fsp3) is 0.879. The number of carbonyl (C=O) groups excluding carboxylic acids is 11. The fourth-order valence-electron chi connectivity index (χ4n) is 20.8. The number of unbranched alkanes of at least 4 members (excludes halogenated alkanes) is 11. The van der Waals surface area contributed by atoms with E-state index in [9.17, 15) is 109 Å². The van der Waals surface area contributed by atoms with Gasteiger partial charge in [0.25, 0.3) is 0 Å². The Morgan fingerprint density at radius 2 is 0.634 bits per heavy atom. The number of aliphatic hydroxyl groups is 10. The average Bonchev–Trinajstić information content (AvgIpc) is 1.50. The standard InChI is InChI=1S/C91H156N11O28.Na/c1-59(108)96-78-84(122)81(119)67(54-103)128-87(78)125-47-19-12-22-70(111)92-37-15-4-8-25-74(115)99-41-30-64(31-42-99)91(36-29-73(114)95-40-18-7-11-28-77(118)102-52-62-50-90(57-106,58-107)51-63(62)53-102,65-32-43-100(44-33-65)75(116)26-9-5-16-38-93-71(112)23-13-20-48-126-88-79(97-60(2)109)85(123)82(120)68(55-104)129-88)66-34-45-101(46-35-66)76(117)27-10-6-17-39-94-72(113)24-14-21-49-127-89-80(98-61(3)110)86(124)83(121)69(56-105)130-89;/h62-69,78-89,103-106,119-124H,4-58H2,1-3H3,(H,92,111)(H,93,112)(H,94,113)(H,95,114)(H,96,108)(H,97,109)(H,98,110);/q-1;+1/t62-,63+,67?,68?,69?,78?,79?,80?,81?,82?,83?,84?,85?,86?,87?,88?,89?,90?,91?;. The molecule has 7 saturated heterocycles. The maximum Gasteiger partial charge on any atom is 1.00 e. The summed E-state index contributed by atoms with van der Waals surface area (Å²) >= 11 is 0. The number of amides is 11. The third-order valence-electron chi connectivity index (χ3n) is 28.1. The number of hydrogen-bond acceptors (Lipinski definition) is 28. The first-order valence-corrected chi connectivity index (χ1v) is 48.4. The zero-order valence-electron chi connectivity index (χ0n) is 78.0. The molecule has 17 N–H and O–H groups in total.